The number of rotatable bonds is 7. The van der Waals surface area contributed by atoms with Gasteiger partial charge >= 0.3 is 0 Å². The molecule has 1 heterocycles. The van der Waals surface area contributed by atoms with Crippen LogP contribution in [0.3, 0.4) is 0 Å². The van der Waals surface area contributed by atoms with Crippen molar-refractivity contribution in [3.05, 3.63) is 30.1 Å². The number of carbonyl (C=O) groups excluding carboxylic acids is 1. The second-order valence-corrected chi connectivity index (χ2v) is 4.79. The smallest absolute Gasteiger partial charge is 0.220 e. The van der Waals surface area contributed by atoms with E-state index < -0.39 is 0 Å². The van der Waals surface area contributed by atoms with Gasteiger partial charge in [0.15, 0.2) is 0 Å². The zero-order chi connectivity index (χ0) is 13.4. The predicted octanol–water partition coefficient (Wildman–Crippen LogP) is 2.02. The minimum absolute atomic E-state index is 0.0327. The minimum atomic E-state index is 0.0327. The van der Waals surface area contributed by atoms with E-state index in [4.69, 9.17) is 5.73 Å². The first-order chi connectivity index (χ1) is 8.63. The van der Waals surface area contributed by atoms with Crippen molar-refractivity contribution in [1.82, 2.24) is 10.3 Å². The van der Waals surface area contributed by atoms with Crippen molar-refractivity contribution in [1.29, 1.82) is 0 Å². The van der Waals surface area contributed by atoms with Crippen molar-refractivity contribution >= 4 is 5.91 Å². The van der Waals surface area contributed by atoms with Crippen LogP contribution in [-0.4, -0.2) is 17.4 Å². The van der Waals surface area contributed by atoms with Crippen molar-refractivity contribution in [3.8, 4) is 0 Å². The molecule has 1 aromatic heterocycles. The van der Waals surface area contributed by atoms with Crippen LogP contribution in [0, 0.1) is 5.92 Å². The molecule has 18 heavy (non-hydrogen) atoms. The molecule has 0 aliphatic heterocycles. The second kappa shape index (κ2) is 7.82. The molecule has 0 aliphatic carbocycles. The van der Waals surface area contributed by atoms with Gasteiger partial charge in [-0.1, -0.05) is 6.92 Å². The molecule has 1 rings (SSSR count). The molecule has 100 valence electrons. The number of nitrogens with one attached hydrogen (secondary N) is 1. The maximum atomic E-state index is 11.8. The van der Waals surface area contributed by atoms with E-state index in [0.717, 1.165) is 18.4 Å². The van der Waals surface area contributed by atoms with Gasteiger partial charge in [0.1, 0.15) is 0 Å². The molecule has 3 N–H and O–H groups in total. The highest BCUT2D eigenvalue weighted by Gasteiger charge is 2.10. The first-order valence-corrected chi connectivity index (χ1v) is 6.52. The molecule has 0 aliphatic rings. The average molecular weight is 249 g/mol. The van der Waals surface area contributed by atoms with Crippen molar-refractivity contribution in [2.45, 2.75) is 39.2 Å². The average Bonchev–Trinajstić information content (AvgIpc) is 2.38. The van der Waals surface area contributed by atoms with E-state index in [1.54, 1.807) is 12.4 Å². The highest BCUT2D eigenvalue weighted by molar-refractivity contribution is 5.76. The Morgan fingerprint density at radius 1 is 1.33 bits per heavy atom. The summed E-state index contributed by atoms with van der Waals surface area (Å²) in [7, 11) is 0. The standard InChI is InChI=1S/C14H23N3O/c1-11(5-8-15)3-4-14(18)17-12(2)13-6-9-16-10-7-13/h6-7,9-12H,3-5,8,15H2,1-2H3,(H,17,18). The molecular formula is C14H23N3O. The summed E-state index contributed by atoms with van der Waals surface area (Å²) in [5.41, 5.74) is 6.56. The van der Waals surface area contributed by atoms with Gasteiger partial charge in [-0.2, -0.15) is 0 Å². The fourth-order valence-corrected chi connectivity index (χ4v) is 1.86. The summed E-state index contributed by atoms with van der Waals surface area (Å²) < 4.78 is 0. The Morgan fingerprint density at radius 2 is 2.00 bits per heavy atom. The third-order valence-corrected chi connectivity index (χ3v) is 3.11. The zero-order valence-corrected chi connectivity index (χ0v) is 11.2. The van der Waals surface area contributed by atoms with Crippen LogP contribution in [0.2, 0.25) is 0 Å². The van der Waals surface area contributed by atoms with Crippen LogP contribution in [0.5, 0.6) is 0 Å². The van der Waals surface area contributed by atoms with E-state index >= 15 is 0 Å². The molecule has 0 saturated heterocycles. The van der Waals surface area contributed by atoms with E-state index in [1.807, 2.05) is 19.1 Å². The van der Waals surface area contributed by atoms with E-state index in [0.29, 0.717) is 18.9 Å². The lowest BCUT2D eigenvalue weighted by molar-refractivity contribution is -0.122. The summed E-state index contributed by atoms with van der Waals surface area (Å²) in [6.45, 7) is 4.80. The summed E-state index contributed by atoms with van der Waals surface area (Å²) in [6.07, 6.45) is 5.92. The van der Waals surface area contributed by atoms with Crippen molar-refractivity contribution in [2.24, 2.45) is 11.7 Å². The number of hydrogen-bond acceptors (Lipinski definition) is 3. The topological polar surface area (TPSA) is 68.0 Å². The van der Waals surface area contributed by atoms with Gasteiger partial charge in [-0.15, -0.1) is 0 Å². The molecule has 2 unspecified atom stereocenters. The first kappa shape index (κ1) is 14.6. The third-order valence-electron chi connectivity index (χ3n) is 3.11. The molecule has 0 radical (unpaired) electrons. The highest BCUT2D eigenvalue weighted by Crippen LogP contribution is 2.12. The quantitative estimate of drug-likeness (QED) is 0.777. The SMILES string of the molecule is CC(CCN)CCC(=O)NC(C)c1ccncc1. The first-order valence-electron chi connectivity index (χ1n) is 6.52. The molecule has 1 amide bonds. The Morgan fingerprint density at radius 3 is 2.61 bits per heavy atom. The minimum Gasteiger partial charge on any atom is -0.350 e. The van der Waals surface area contributed by atoms with Gasteiger partial charge in [-0.3, -0.25) is 9.78 Å². The van der Waals surface area contributed by atoms with E-state index in [9.17, 15) is 4.79 Å². The number of nitrogens with zero attached hydrogens (tertiary/aromatic N) is 1. The maximum Gasteiger partial charge on any atom is 0.220 e. The monoisotopic (exact) mass is 249 g/mol. The number of nitrogens with two attached hydrogens (primary N) is 1. The molecule has 1 aromatic rings. The van der Waals surface area contributed by atoms with Gasteiger partial charge in [-0.05, 0) is 49.9 Å². The van der Waals surface area contributed by atoms with Crippen LogP contribution in [0.4, 0.5) is 0 Å². The molecule has 0 spiro atoms. The Kier molecular flexibility index (Phi) is 6.36. The van der Waals surface area contributed by atoms with Crippen LogP contribution in [-0.2, 0) is 4.79 Å². The van der Waals surface area contributed by atoms with Gasteiger partial charge in [-0.25, -0.2) is 0 Å². The summed E-state index contributed by atoms with van der Waals surface area (Å²) >= 11 is 0. The maximum absolute atomic E-state index is 11.8. The predicted molar refractivity (Wildman–Crippen MR) is 72.9 cm³/mol. The van der Waals surface area contributed by atoms with Crippen LogP contribution in [0.1, 0.15) is 44.7 Å². The third kappa shape index (κ3) is 5.27. The van der Waals surface area contributed by atoms with E-state index in [2.05, 4.69) is 17.2 Å². The number of amides is 1. The molecule has 4 nitrogen and oxygen atoms in total. The van der Waals surface area contributed by atoms with Gasteiger partial charge < -0.3 is 11.1 Å². The van der Waals surface area contributed by atoms with E-state index in [-0.39, 0.29) is 11.9 Å². The second-order valence-electron chi connectivity index (χ2n) is 4.79. The van der Waals surface area contributed by atoms with Crippen LogP contribution in [0.15, 0.2) is 24.5 Å². The van der Waals surface area contributed by atoms with Crippen LogP contribution in [0.25, 0.3) is 0 Å². The van der Waals surface area contributed by atoms with E-state index in [1.165, 1.54) is 0 Å². The summed E-state index contributed by atoms with van der Waals surface area (Å²) in [5, 5.41) is 3.00. The van der Waals surface area contributed by atoms with Crippen molar-refractivity contribution < 1.29 is 4.79 Å². The summed E-state index contributed by atoms with van der Waals surface area (Å²) in [4.78, 5) is 15.7. The molecule has 0 fully saturated rings. The Bertz CT molecular complexity index is 353. The lowest BCUT2D eigenvalue weighted by Crippen LogP contribution is -2.26. The van der Waals surface area contributed by atoms with Gasteiger partial charge in [0, 0.05) is 18.8 Å². The van der Waals surface area contributed by atoms with Gasteiger partial charge in [0.2, 0.25) is 5.91 Å². The lowest BCUT2D eigenvalue weighted by atomic mass is 10.0. The fourth-order valence-electron chi connectivity index (χ4n) is 1.86. The molecule has 2 atom stereocenters. The molecule has 0 bridgehead atoms. The summed E-state index contributed by atoms with van der Waals surface area (Å²) in [5.74, 6) is 0.611. The van der Waals surface area contributed by atoms with Crippen LogP contribution < -0.4 is 11.1 Å². The number of aromatic nitrogens is 1. The number of carbonyl (C=O) groups is 1. The normalized spacial score (nSPS) is 13.9. The Hall–Kier alpha value is -1.42. The molecular weight excluding hydrogens is 226 g/mol. The zero-order valence-electron chi connectivity index (χ0n) is 11.2. The highest BCUT2D eigenvalue weighted by atomic mass is 16.1. The van der Waals surface area contributed by atoms with Crippen LogP contribution >= 0.6 is 0 Å². The van der Waals surface area contributed by atoms with Crippen molar-refractivity contribution in [2.75, 3.05) is 6.54 Å². The number of hydrogen-bond donors (Lipinski definition) is 2. The Balaban J connectivity index is 2.32. The fraction of sp³-hybridized carbons (Fsp3) is 0.571. The molecule has 4 heteroatoms. The number of pyridine rings is 1. The van der Waals surface area contributed by atoms with Gasteiger partial charge in [0.05, 0.1) is 6.04 Å². The molecule has 0 saturated carbocycles. The summed E-state index contributed by atoms with van der Waals surface area (Å²) in [6, 6.07) is 3.87. The molecule has 0 aromatic carbocycles. The van der Waals surface area contributed by atoms with Gasteiger partial charge in [0.25, 0.3) is 0 Å². The lowest BCUT2D eigenvalue weighted by Gasteiger charge is -2.15. The van der Waals surface area contributed by atoms with Crippen molar-refractivity contribution in [3.63, 3.8) is 0 Å². The Labute approximate surface area is 109 Å². The largest absolute Gasteiger partial charge is 0.350 e.